The van der Waals surface area contributed by atoms with Gasteiger partial charge in [0.05, 0.1) is 10.6 Å². The van der Waals surface area contributed by atoms with Crippen LogP contribution in [0.15, 0.2) is 15.9 Å². The number of nitrogens with zero attached hydrogens (tertiary/aromatic N) is 1. The molecular formula is C10H10F3NOS. The number of halogens is 3. The Morgan fingerprint density at radius 2 is 2.12 bits per heavy atom. The maximum absolute atomic E-state index is 12.6. The van der Waals surface area contributed by atoms with Crippen molar-refractivity contribution < 1.29 is 13.2 Å². The summed E-state index contributed by atoms with van der Waals surface area (Å²) in [4.78, 5) is 11.7. The third-order valence-electron chi connectivity index (χ3n) is 2.59. The Morgan fingerprint density at radius 1 is 1.44 bits per heavy atom. The van der Waals surface area contributed by atoms with E-state index in [9.17, 15) is 18.0 Å². The van der Waals surface area contributed by atoms with Crippen molar-refractivity contribution in [1.82, 2.24) is 4.57 Å². The minimum absolute atomic E-state index is 0.209. The molecule has 0 N–H and O–H groups in total. The van der Waals surface area contributed by atoms with Gasteiger partial charge < -0.3 is 4.57 Å². The third kappa shape index (κ3) is 1.86. The molecule has 0 amide bonds. The quantitative estimate of drug-likeness (QED) is 0.705. The lowest BCUT2D eigenvalue weighted by atomic mass is 10.1. The monoisotopic (exact) mass is 249 g/mol. The molecule has 1 aliphatic rings. The van der Waals surface area contributed by atoms with Crippen molar-refractivity contribution in [2.45, 2.75) is 31.1 Å². The highest BCUT2D eigenvalue weighted by Gasteiger charge is 2.35. The fourth-order valence-electron chi connectivity index (χ4n) is 1.75. The number of thioether (sulfide) groups is 1. The zero-order chi connectivity index (χ0) is 11.9. The molecule has 2 rings (SSSR count). The van der Waals surface area contributed by atoms with E-state index in [1.807, 2.05) is 0 Å². The van der Waals surface area contributed by atoms with E-state index >= 15 is 0 Å². The van der Waals surface area contributed by atoms with Gasteiger partial charge in [0.25, 0.3) is 5.56 Å². The van der Waals surface area contributed by atoms with Gasteiger partial charge >= 0.3 is 6.18 Å². The average molecular weight is 249 g/mol. The van der Waals surface area contributed by atoms with Crippen LogP contribution in [0.1, 0.15) is 17.5 Å². The molecule has 16 heavy (non-hydrogen) atoms. The normalized spacial score (nSPS) is 16.0. The standard InChI is InChI=1S/C10H10F3NOS/c1-6-7(10(11,12)13)5-8-14(9(6)15)3-2-4-16-8/h5H,2-4H2,1H3. The summed E-state index contributed by atoms with van der Waals surface area (Å²) in [5.41, 5.74) is -1.53. The summed E-state index contributed by atoms with van der Waals surface area (Å²) in [5, 5.41) is 0.425. The molecule has 6 heteroatoms. The summed E-state index contributed by atoms with van der Waals surface area (Å²) in [7, 11) is 0. The number of pyridine rings is 1. The van der Waals surface area contributed by atoms with E-state index in [0.717, 1.165) is 18.2 Å². The van der Waals surface area contributed by atoms with E-state index in [4.69, 9.17) is 0 Å². The van der Waals surface area contributed by atoms with Gasteiger partial charge in [-0.05, 0) is 19.4 Å². The molecule has 1 aromatic rings. The van der Waals surface area contributed by atoms with E-state index in [2.05, 4.69) is 0 Å². The van der Waals surface area contributed by atoms with Gasteiger partial charge in [0, 0.05) is 17.9 Å². The van der Waals surface area contributed by atoms with Crippen LogP contribution in [0.3, 0.4) is 0 Å². The Kier molecular flexibility index (Phi) is 2.77. The minimum Gasteiger partial charge on any atom is -0.303 e. The number of fused-ring (bicyclic) bond motifs is 1. The van der Waals surface area contributed by atoms with Crippen LogP contribution in [-0.4, -0.2) is 10.3 Å². The van der Waals surface area contributed by atoms with Gasteiger partial charge in [0.15, 0.2) is 0 Å². The molecule has 2 heterocycles. The van der Waals surface area contributed by atoms with Gasteiger partial charge in [-0.3, -0.25) is 4.79 Å². The van der Waals surface area contributed by atoms with E-state index < -0.39 is 17.3 Å². The number of hydrogen-bond donors (Lipinski definition) is 0. The van der Waals surface area contributed by atoms with Crippen molar-refractivity contribution in [3.8, 4) is 0 Å². The summed E-state index contributed by atoms with van der Waals surface area (Å²) in [6, 6.07) is 1.08. The number of rotatable bonds is 0. The van der Waals surface area contributed by atoms with Gasteiger partial charge in [-0.25, -0.2) is 0 Å². The predicted octanol–water partition coefficient (Wildman–Crippen LogP) is 2.67. The first-order chi connectivity index (χ1) is 7.41. The van der Waals surface area contributed by atoms with Gasteiger partial charge in [0.2, 0.25) is 0 Å². The molecule has 0 spiro atoms. The summed E-state index contributed by atoms with van der Waals surface area (Å²) in [6.07, 6.45) is -3.63. The van der Waals surface area contributed by atoms with Crippen LogP contribution in [0.25, 0.3) is 0 Å². The van der Waals surface area contributed by atoms with E-state index in [1.54, 1.807) is 0 Å². The highest BCUT2D eigenvalue weighted by Crippen LogP contribution is 2.34. The second-order valence-electron chi connectivity index (χ2n) is 3.68. The lowest BCUT2D eigenvalue weighted by molar-refractivity contribution is -0.138. The second kappa shape index (κ2) is 3.84. The molecule has 1 aromatic heterocycles. The predicted molar refractivity (Wildman–Crippen MR) is 55.8 cm³/mol. The fourth-order valence-corrected chi connectivity index (χ4v) is 2.77. The SMILES string of the molecule is Cc1c(C(F)(F)F)cc2n(c1=O)CCCS2. The van der Waals surface area contributed by atoms with E-state index in [1.165, 1.54) is 23.3 Å². The van der Waals surface area contributed by atoms with Gasteiger partial charge in [-0.2, -0.15) is 13.2 Å². The van der Waals surface area contributed by atoms with Crippen LogP contribution in [0, 0.1) is 6.92 Å². The molecule has 2 nitrogen and oxygen atoms in total. The van der Waals surface area contributed by atoms with E-state index in [0.29, 0.717) is 11.6 Å². The van der Waals surface area contributed by atoms with E-state index in [-0.39, 0.29) is 5.56 Å². The Morgan fingerprint density at radius 3 is 2.75 bits per heavy atom. The molecule has 0 aromatic carbocycles. The summed E-state index contributed by atoms with van der Waals surface area (Å²) >= 11 is 1.30. The summed E-state index contributed by atoms with van der Waals surface area (Å²) in [6.45, 7) is 1.75. The molecular weight excluding hydrogens is 239 g/mol. The van der Waals surface area contributed by atoms with Crippen LogP contribution >= 0.6 is 11.8 Å². The number of hydrogen-bond acceptors (Lipinski definition) is 2. The van der Waals surface area contributed by atoms with Gasteiger partial charge in [-0.1, -0.05) is 0 Å². The first-order valence-electron chi connectivity index (χ1n) is 4.85. The maximum Gasteiger partial charge on any atom is 0.416 e. The Hall–Kier alpha value is -0.910. The molecule has 0 unspecified atom stereocenters. The largest absolute Gasteiger partial charge is 0.416 e. The minimum atomic E-state index is -4.45. The summed E-state index contributed by atoms with van der Waals surface area (Å²) in [5.74, 6) is 0.764. The highest BCUT2D eigenvalue weighted by atomic mass is 32.2. The van der Waals surface area contributed by atoms with Crippen molar-refractivity contribution in [2.24, 2.45) is 0 Å². The van der Waals surface area contributed by atoms with Crippen LogP contribution < -0.4 is 5.56 Å². The molecule has 0 atom stereocenters. The molecule has 1 aliphatic heterocycles. The number of aromatic nitrogens is 1. The summed E-state index contributed by atoms with van der Waals surface area (Å²) < 4.78 is 39.4. The first-order valence-corrected chi connectivity index (χ1v) is 5.84. The number of alkyl halides is 3. The molecule has 0 saturated carbocycles. The molecule has 0 saturated heterocycles. The Bertz CT molecular complexity index is 478. The van der Waals surface area contributed by atoms with Crippen LogP contribution in [0.5, 0.6) is 0 Å². The second-order valence-corrected chi connectivity index (χ2v) is 4.79. The third-order valence-corrected chi connectivity index (χ3v) is 3.71. The van der Waals surface area contributed by atoms with Crippen molar-refractivity contribution in [2.75, 3.05) is 5.75 Å². The Labute approximate surface area is 94.5 Å². The van der Waals surface area contributed by atoms with Crippen LogP contribution in [0.4, 0.5) is 13.2 Å². The van der Waals surface area contributed by atoms with Crippen molar-refractivity contribution in [3.05, 3.63) is 27.5 Å². The topological polar surface area (TPSA) is 22.0 Å². The highest BCUT2D eigenvalue weighted by molar-refractivity contribution is 7.99. The van der Waals surface area contributed by atoms with Crippen molar-refractivity contribution in [1.29, 1.82) is 0 Å². The zero-order valence-corrected chi connectivity index (χ0v) is 9.41. The lowest BCUT2D eigenvalue weighted by Crippen LogP contribution is -2.29. The Balaban J connectivity index is 2.67. The van der Waals surface area contributed by atoms with Crippen LogP contribution in [0.2, 0.25) is 0 Å². The fraction of sp³-hybridized carbons (Fsp3) is 0.500. The molecule has 0 radical (unpaired) electrons. The smallest absolute Gasteiger partial charge is 0.303 e. The molecule has 88 valence electrons. The molecule has 0 bridgehead atoms. The average Bonchev–Trinajstić information content (AvgIpc) is 2.22. The zero-order valence-electron chi connectivity index (χ0n) is 8.60. The van der Waals surface area contributed by atoms with Crippen molar-refractivity contribution in [3.63, 3.8) is 0 Å². The molecule has 0 fully saturated rings. The maximum atomic E-state index is 12.6. The van der Waals surface area contributed by atoms with Crippen molar-refractivity contribution >= 4 is 11.8 Å². The molecule has 0 aliphatic carbocycles. The lowest BCUT2D eigenvalue weighted by Gasteiger charge is -2.20. The van der Waals surface area contributed by atoms with Gasteiger partial charge in [0.1, 0.15) is 0 Å². The van der Waals surface area contributed by atoms with Crippen LogP contribution in [-0.2, 0) is 12.7 Å². The van der Waals surface area contributed by atoms with Gasteiger partial charge in [-0.15, -0.1) is 11.8 Å². The first kappa shape index (κ1) is 11.6.